The van der Waals surface area contributed by atoms with Crippen LogP contribution in [-0.2, 0) is 9.63 Å². The van der Waals surface area contributed by atoms with E-state index in [9.17, 15) is 4.79 Å². The van der Waals surface area contributed by atoms with Gasteiger partial charge in [0.2, 0.25) is 0 Å². The van der Waals surface area contributed by atoms with Gasteiger partial charge in [-0.25, -0.2) is 0 Å². The van der Waals surface area contributed by atoms with Gasteiger partial charge in [0.05, 0.1) is 18.9 Å². The van der Waals surface area contributed by atoms with Gasteiger partial charge in [0.15, 0.2) is 6.61 Å². The fourth-order valence-corrected chi connectivity index (χ4v) is 2.12. The lowest BCUT2D eigenvalue weighted by molar-refractivity contribution is -0.126. The first-order chi connectivity index (χ1) is 11.7. The molecule has 0 aromatic heterocycles. The number of hydrogen-bond donors (Lipinski definition) is 1. The Morgan fingerprint density at radius 3 is 2.54 bits per heavy atom. The van der Waals surface area contributed by atoms with Crippen molar-refractivity contribution in [1.29, 1.82) is 0 Å². The first-order valence-electron chi connectivity index (χ1n) is 7.91. The van der Waals surface area contributed by atoms with E-state index in [0.717, 1.165) is 16.9 Å². The molecule has 1 N–H and O–H groups in total. The Bertz CT molecular complexity index is 654. The van der Waals surface area contributed by atoms with Gasteiger partial charge in [-0.15, -0.1) is 0 Å². The van der Waals surface area contributed by atoms with Gasteiger partial charge in [0, 0.05) is 0 Å². The quantitative estimate of drug-likeness (QED) is 0.598. The number of hydrogen-bond acceptors (Lipinski definition) is 4. The molecule has 0 bridgehead atoms. The monoisotopic (exact) mass is 326 g/mol. The lowest BCUT2D eigenvalue weighted by Gasteiger charge is -2.13. The van der Waals surface area contributed by atoms with Crippen LogP contribution < -0.4 is 10.1 Å². The number of amides is 1. The molecule has 5 heteroatoms. The van der Waals surface area contributed by atoms with Crippen molar-refractivity contribution in [3.05, 3.63) is 65.7 Å². The molecule has 0 aliphatic rings. The second-order valence-corrected chi connectivity index (χ2v) is 5.21. The molecule has 0 spiro atoms. The highest BCUT2D eigenvalue weighted by Crippen LogP contribution is 2.11. The highest BCUT2D eigenvalue weighted by molar-refractivity contribution is 5.80. The predicted octanol–water partition coefficient (Wildman–Crippen LogP) is 3.31. The number of nitrogens with zero attached hydrogens (tertiary/aromatic N) is 1. The summed E-state index contributed by atoms with van der Waals surface area (Å²) < 4.78 is 5.36. The van der Waals surface area contributed by atoms with Gasteiger partial charge in [-0.1, -0.05) is 35.5 Å². The molecule has 0 saturated heterocycles. The first-order valence-corrected chi connectivity index (χ1v) is 7.91. The van der Waals surface area contributed by atoms with Crippen LogP contribution >= 0.6 is 0 Å². The summed E-state index contributed by atoms with van der Waals surface area (Å²) in [5.41, 5.74) is 1.92. The van der Waals surface area contributed by atoms with Crippen LogP contribution in [0.25, 0.3) is 0 Å². The third-order valence-corrected chi connectivity index (χ3v) is 3.34. The third-order valence-electron chi connectivity index (χ3n) is 3.34. The maximum atomic E-state index is 11.8. The molecule has 2 aromatic carbocycles. The molecule has 1 atom stereocenters. The lowest BCUT2D eigenvalue weighted by atomic mass is 10.1. The van der Waals surface area contributed by atoms with Gasteiger partial charge < -0.3 is 14.9 Å². The smallest absolute Gasteiger partial charge is 0.261 e. The van der Waals surface area contributed by atoms with Crippen molar-refractivity contribution in [2.45, 2.75) is 19.9 Å². The van der Waals surface area contributed by atoms with Gasteiger partial charge in [-0.3, -0.25) is 4.79 Å². The van der Waals surface area contributed by atoms with Gasteiger partial charge in [-0.2, -0.15) is 0 Å². The van der Waals surface area contributed by atoms with Crippen molar-refractivity contribution in [2.75, 3.05) is 13.2 Å². The molecular weight excluding hydrogens is 304 g/mol. The van der Waals surface area contributed by atoms with Crippen LogP contribution in [0.15, 0.2) is 59.8 Å². The van der Waals surface area contributed by atoms with Gasteiger partial charge in [0.25, 0.3) is 5.91 Å². The van der Waals surface area contributed by atoms with Crippen LogP contribution in [0.4, 0.5) is 0 Å². The van der Waals surface area contributed by atoms with Crippen molar-refractivity contribution in [3.8, 4) is 5.75 Å². The number of rotatable bonds is 8. The summed E-state index contributed by atoms with van der Waals surface area (Å²) in [6.07, 6.45) is 1.56. The van der Waals surface area contributed by atoms with Crippen molar-refractivity contribution in [1.82, 2.24) is 5.32 Å². The molecule has 0 aliphatic heterocycles. The van der Waals surface area contributed by atoms with E-state index in [2.05, 4.69) is 10.5 Å². The van der Waals surface area contributed by atoms with E-state index in [4.69, 9.17) is 9.57 Å². The SMILES string of the molecule is CCOc1ccc(/C=N\OCC(=O)N[C@H](C)c2ccccc2)cc1. The summed E-state index contributed by atoms with van der Waals surface area (Å²) in [5.74, 6) is 0.597. The van der Waals surface area contributed by atoms with E-state index < -0.39 is 0 Å². The number of nitrogens with one attached hydrogen (secondary N) is 1. The van der Waals surface area contributed by atoms with Gasteiger partial charge >= 0.3 is 0 Å². The largest absolute Gasteiger partial charge is 0.494 e. The first kappa shape index (κ1) is 17.5. The molecular formula is C19H22N2O3. The normalized spacial score (nSPS) is 11.9. The van der Waals surface area contributed by atoms with Crippen LogP contribution in [0.1, 0.15) is 31.0 Å². The number of ether oxygens (including phenoxy) is 1. The maximum Gasteiger partial charge on any atom is 0.261 e. The molecule has 0 saturated carbocycles. The Balaban J connectivity index is 1.73. The van der Waals surface area contributed by atoms with Crippen LogP contribution in [0, 0.1) is 0 Å². The molecule has 2 aromatic rings. The second kappa shape index (κ2) is 9.35. The van der Waals surface area contributed by atoms with Crippen molar-refractivity contribution >= 4 is 12.1 Å². The van der Waals surface area contributed by atoms with E-state index in [0.29, 0.717) is 6.61 Å². The molecule has 126 valence electrons. The van der Waals surface area contributed by atoms with Crippen LogP contribution in [-0.4, -0.2) is 25.3 Å². The van der Waals surface area contributed by atoms with E-state index >= 15 is 0 Å². The molecule has 0 unspecified atom stereocenters. The minimum atomic E-state index is -0.213. The number of benzene rings is 2. The molecule has 1 amide bonds. The summed E-state index contributed by atoms with van der Waals surface area (Å²) in [4.78, 5) is 16.9. The second-order valence-electron chi connectivity index (χ2n) is 5.21. The molecule has 24 heavy (non-hydrogen) atoms. The minimum absolute atomic E-state index is 0.0719. The standard InChI is InChI=1S/C19H22N2O3/c1-3-23-18-11-9-16(10-12-18)13-20-24-14-19(22)21-15(2)17-7-5-4-6-8-17/h4-13,15H,3,14H2,1-2H3,(H,21,22)/b20-13-/t15-/m1/s1. The van der Waals surface area contributed by atoms with Gasteiger partial charge in [-0.05, 0) is 49.2 Å². The van der Waals surface area contributed by atoms with E-state index in [-0.39, 0.29) is 18.6 Å². The van der Waals surface area contributed by atoms with E-state index in [1.165, 1.54) is 0 Å². The Kier molecular flexibility index (Phi) is 6.83. The van der Waals surface area contributed by atoms with Crippen LogP contribution in [0.2, 0.25) is 0 Å². The van der Waals surface area contributed by atoms with Crippen molar-refractivity contribution in [2.24, 2.45) is 5.16 Å². The van der Waals surface area contributed by atoms with Crippen LogP contribution in [0.3, 0.4) is 0 Å². The Morgan fingerprint density at radius 1 is 1.17 bits per heavy atom. The van der Waals surface area contributed by atoms with Gasteiger partial charge in [0.1, 0.15) is 5.75 Å². The highest BCUT2D eigenvalue weighted by atomic mass is 16.6. The number of oxime groups is 1. The van der Waals surface area contributed by atoms with Crippen molar-refractivity contribution in [3.63, 3.8) is 0 Å². The average molecular weight is 326 g/mol. The Morgan fingerprint density at radius 2 is 1.88 bits per heavy atom. The fourth-order valence-electron chi connectivity index (χ4n) is 2.12. The van der Waals surface area contributed by atoms with E-state index in [1.54, 1.807) is 6.21 Å². The zero-order chi connectivity index (χ0) is 17.2. The predicted molar refractivity (Wildman–Crippen MR) is 94.2 cm³/mol. The summed E-state index contributed by atoms with van der Waals surface area (Å²) >= 11 is 0. The molecule has 0 aliphatic carbocycles. The molecule has 0 heterocycles. The van der Waals surface area contributed by atoms with Crippen LogP contribution in [0.5, 0.6) is 5.75 Å². The van der Waals surface area contributed by atoms with E-state index in [1.807, 2.05) is 68.4 Å². The summed E-state index contributed by atoms with van der Waals surface area (Å²) in [5, 5.41) is 6.67. The summed E-state index contributed by atoms with van der Waals surface area (Å²) in [7, 11) is 0. The Hall–Kier alpha value is -2.82. The number of carbonyl (C=O) groups excluding carboxylic acids is 1. The third kappa shape index (κ3) is 5.76. The topological polar surface area (TPSA) is 59.9 Å². The number of carbonyl (C=O) groups is 1. The average Bonchev–Trinajstić information content (AvgIpc) is 2.61. The molecule has 5 nitrogen and oxygen atoms in total. The fraction of sp³-hybridized carbons (Fsp3) is 0.263. The zero-order valence-corrected chi connectivity index (χ0v) is 13.9. The van der Waals surface area contributed by atoms with Crippen molar-refractivity contribution < 1.29 is 14.4 Å². The zero-order valence-electron chi connectivity index (χ0n) is 13.9. The lowest BCUT2D eigenvalue weighted by Crippen LogP contribution is -2.29. The Labute approximate surface area is 142 Å². The summed E-state index contributed by atoms with van der Waals surface area (Å²) in [6.45, 7) is 4.38. The molecule has 2 rings (SSSR count). The molecule has 0 radical (unpaired) electrons. The maximum absolute atomic E-state index is 11.8. The molecule has 0 fully saturated rings. The highest BCUT2D eigenvalue weighted by Gasteiger charge is 2.09. The summed E-state index contributed by atoms with van der Waals surface area (Å²) in [6, 6.07) is 17.1. The minimum Gasteiger partial charge on any atom is -0.494 e.